The second-order valence-corrected chi connectivity index (χ2v) is 17.4. The highest BCUT2D eigenvalue weighted by Crippen LogP contribution is 2.42. The van der Waals surface area contributed by atoms with E-state index in [9.17, 15) is 8.42 Å². The third-order valence-corrected chi connectivity index (χ3v) is 13.0. The van der Waals surface area contributed by atoms with Crippen LogP contribution in [0.3, 0.4) is 0 Å². The molecule has 0 spiro atoms. The average Bonchev–Trinajstić information content (AvgIpc) is 3.97. The lowest BCUT2D eigenvalue weighted by molar-refractivity contribution is 0.0982. The maximum atomic E-state index is 13.3. The van der Waals surface area contributed by atoms with Crippen molar-refractivity contribution in [1.29, 1.82) is 0 Å². The maximum Gasteiger partial charge on any atom is 0.237 e. The number of halogens is 1. The number of likely N-dealkylation sites (N-methyl/N-ethyl adjacent to an activating group) is 1. The summed E-state index contributed by atoms with van der Waals surface area (Å²) in [5, 5.41) is 6.27. The first-order valence-corrected chi connectivity index (χ1v) is 20.1. The molecule has 3 fully saturated rings. The number of methoxy groups -OCH3 is 1. The number of rotatable bonds is 12. The second-order valence-electron chi connectivity index (χ2n) is 14.5. The van der Waals surface area contributed by atoms with Crippen LogP contribution >= 0.6 is 11.6 Å². The van der Waals surface area contributed by atoms with E-state index in [1.165, 1.54) is 47.8 Å². The lowest BCUT2D eigenvalue weighted by atomic mass is 9.98. The van der Waals surface area contributed by atoms with Crippen LogP contribution in [0.25, 0.3) is 11.0 Å². The maximum absolute atomic E-state index is 13.3. The Morgan fingerprint density at radius 1 is 0.962 bits per heavy atom. The third-order valence-electron chi connectivity index (χ3n) is 10.6. The summed E-state index contributed by atoms with van der Waals surface area (Å²) in [6.45, 7) is 9.93. The molecule has 3 aliphatic rings. The van der Waals surface area contributed by atoms with Gasteiger partial charge in [0.15, 0.2) is 5.82 Å². The van der Waals surface area contributed by atoms with Gasteiger partial charge in [0, 0.05) is 76.5 Å². The van der Waals surface area contributed by atoms with Gasteiger partial charge in [-0.1, -0.05) is 11.6 Å². The number of aromatic nitrogens is 4. The SMILES string of the molecule is COc1cc(N2CCC(N3CCN(C)CC3)CC2)c(CC2CC2)cc1Nc1ncc(Cl)c(Nc2ccc3nccnc3c2N(C)S(=O)(=O)C(C)C)n1. The Balaban J connectivity index is 1.15. The third kappa shape index (κ3) is 7.71. The lowest BCUT2D eigenvalue weighted by Gasteiger charge is -2.43. The van der Waals surface area contributed by atoms with Crippen molar-refractivity contribution in [3.05, 3.63) is 53.4 Å². The van der Waals surface area contributed by atoms with Gasteiger partial charge in [-0.05, 0) is 82.7 Å². The number of anilines is 6. The van der Waals surface area contributed by atoms with Gasteiger partial charge in [0.1, 0.15) is 22.0 Å². The number of ether oxygens (including phenoxy) is 1. The molecule has 2 aliphatic heterocycles. The zero-order chi connectivity index (χ0) is 36.6. The van der Waals surface area contributed by atoms with Crippen molar-refractivity contribution >= 4 is 67.2 Å². The molecule has 13 nitrogen and oxygen atoms in total. The summed E-state index contributed by atoms with van der Waals surface area (Å²) in [6.07, 6.45) is 10.5. The van der Waals surface area contributed by atoms with E-state index in [2.05, 4.69) is 59.5 Å². The van der Waals surface area contributed by atoms with E-state index in [1.807, 2.05) is 0 Å². The largest absolute Gasteiger partial charge is 0.494 e. The van der Waals surface area contributed by atoms with Gasteiger partial charge in [0.05, 0.1) is 35.4 Å². The molecule has 4 aromatic rings. The lowest BCUT2D eigenvalue weighted by Crippen LogP contribution is -2.52. The van der Waals surface area contributed by atoms with E-state index < -0.39 is 15.3 Å². The molecule has 2 aromatic heterocycles. The van der Waals surface area contributed by atoms with Crippen molar-refractivity contribution in [3.8, 4) is 5.75 Å². The van der Waals surface area contributed by atoms with Crippen LogP contribution in [-0.4, -0.2) is 110 Å². The van der Waals surface area contributed by atoms with Crippen LogP contribution < -0.4 is 24.6 Å². The van der Waals surface area contributed by atoms with Gasteiger partial charge in [-0.3, -0.25) is 19.2 Å². The molecule has 278 valence electrons. The molecule has 1 aliphatic carbocycles. The van der Waals surface area contributed by atoms with Crippen LogP contribution in [0.2, 0.25) is 5.02 Å². The van der Waals surface area contributed by atoms with E-state index in [0.717, 1.165) is 64.2 Å². The number of benzene rings is 2. The zero-order valence-corrected chi connectivity index (χ0v) is 32.2. The quantitative estimate of drug-likeness (QED) is 0.179. The Kier molecular flexibility index (Phi) is 10.6. The number of piperidine rings is 1. The fourth-order valence-corrected chi connectivity index (χ4v) is 8.49. The van der Waals surface area contributed by atoms with Gasteiger partial charge >= 0.3 is 0 Å². The Morgan fingerprint density at radius 3 is 2.38 bits per heavy atom. The number of sulfonamides is 1. The first-order chi connectivity index (χ1) is 25.0. The molecule has 2 N–H and O–H groups in total. The van der Waals surface area contributed by atoms with E-state index in [-0.39, 0.29) is 5.02 Å². The summed E-state index contributed by atoms with van der Waals surface area (Å²) in [5.74, 6) is 2.02. The molecule has 1 saturated carbocycles. The fraction of sp³-hybridized carbons (Fsp3) is 0.514. The topological polar surface area (TPSA) is 132 Å². The molecule has 0 atom stereocenters. The van der Waals surface area contributed by atoms with Gasteiger partial charge in [-0.25, -0.2) is 13.4 Å². The molecule has 0 unspecified atom stereocenters. The Labute approximate surface area is 311 Å². The minimum atomic E-state index is -3.71. The Bertz CT molecular complexity index is 2010. The van der Waals surface area contributed by atoms with Gasteiger partial charge in [0.2, 0.25) is 16.0 Å². The highest BCUT2D eigenvalue weighted by molar-refractivity contribution is 7.93. The standard InChI is InChI=1S/C37H49ClN10O3S/c1-24(2)52(49,50)46(4)35-30(9-8-29-34(35)40-13-12-39-29)42-36-28(38)23-41-37(44-36)43-31-21-26(20-25-6-7-25)32(22-33(31)51-5)48-14-10-27(11-15-48)47-18-16-45(3)17-19-47/h8-9,12-13,21-25,27H,6-7,10-11,14-20H2,1-5H3,(H2,41,42,43,44). The van der Waals surface area contributed by atoms with Crippen LogP contribution in [0, 0.1) is 5.92 Å². The predicted octanol–water partition coefficient (Wildman–Crippen LogP) is 5.91. The van der Waals surface area contributed by atoms with Crippen LogP contribution in [-0.2, 0) is 16.4 Å². The summed E-state index contributed by atoms with van der Waals surface area (Å²) in [4.78, 5) is 25.8. The first-order valence-electron chi connectivity index (χ1n) is 18.2. The Hall–Kier alpha value is -3.98. The summed E-state index contributed by atoms with van der Waals surface area (Å²) in [5.41, 5.74) is 5.10. The molecule has 2 aromatic carbocycles. The molecule has 4 heterocycles. The molecule has 7 rings (SSSR count). The highest BCUT2D eigenvalue weighted by atomic mass is 35.5. The smallest absolute Gasteiger partial charge is 0.237 e. The molecule has 0 bridgehead atoms. The predicted molar refractivity (Wildman–Crippen MR) is 209 cm³/mol. The van der Waals surface area contributed by atoms with Gasteiger partial charge < -0.3 is 25.2 Å². The summed E-state index contributed by atoms with van der Waals surface area (Å²) >= 11 is 6.65. The van der Waals surface area contributed by atoms with Crippen molar-refractivity contribution in [2.75, 3.05) is 80.3 Å². The van der Waals surface area contributed by atoms with E-state index in [4.69, 9.17) is 21.3 Å². The van der Waals surface area contributed by atoms with Crippen LogP contribution in [0.15, 0.2) is 42.9 Å². The van der Waals surface area contributed by atoms with Crippen LogP contribution in [0.1, 0.15) is 45.1 Å². The first kappa shape index (κ1) is 36.4. The zero-order valence-electron chi connectivity index (χ0n) is 30.6. The summed E-state index contributed by atoms with van der Waals surface area (Å²) < 4.78 is 33.9. The number of nitrogens with one attached hydrogen (secondary N) is 2. The van der Waals surface area contributed by atoms with Gasteiger partial charge in [0.25, 0.3) is 0 Å². The van der Waals surface area contributed by atoms with Gasteiger partial charge in [-0.2, -0.15) is 4.98 Å². The molecule has 2 saturated heterocycles. The van der Waals surface area contributed by atoms with Crippen molar-refractivity contribution < 1.29 is 13.2 Å². The summed E-state index contributed by atoms with van der Waals surface area (Å²) in [7, 11) is 1.71. The van der Waals surface area contributed by atoms with Gasteiger partial charge in [-0.15, -0.1) is 0 Å². The monoisotopic (exact) mass is 748 g/mol. The van der Waals surface area contributed by atoms with E-state index in [1.54, 1.807) is 39.3 Å². The van der Waals surface area contributed by atoms with Crippen molar-refractivity contribution in [3.63, 3.8) is 0 Å². The number of hydrogen-bond acceptors (Lipinski definition) is 12. The van der Waals surface area contributed by atoms with Crippen LogP contribution in [0.4, 0.5) is 34.5 Å². The van der Waals surface area contributed by atoms with Crippen molar-refractivity contribution in [2.45, 2.75) is 57.2 Å². The minimum absolute atomic E-state index is 0.266. The molecule has 15 heteroatoms. The van der Waals surface area contributed by atoms with E-state index >= 15 is 0 Å². The Morgan fingerprint density at radius 2 is 1.69 bits per heavy atom. The molecule has 0 amide bonds. The molecular formula is C37H49ClN10O3S. The highest BCUT2D eigenvalue weighted by Gasteiger charge is 2.31. The molecular weight excluding hydrogens is 700 g/mol. The normalized spacial score (nSPS) is 17.9. The number of nitrogens with zero attached hydrogens (tertiary/aromatic N) is 8. The molecule has 52 heavy (non-hydrogen) atoms. The number of fused-ring (bicyclic) bond motifs is 1. The van der Waals surface area contributed by atoms with Crippen molar-refractivity contribution in [1.82, 2.24) is 29.7 Å². The van der Waals surface area contributed by atoms with Crippen LogP contribution in [0.5, 0.6) is 5.75 Å². The fourth-order valence-electron chi connectivity index (χ4n) is 7.28. The second kappa shape index (κ2) is 15.2. The average molecular weight is 749 g/mol. The van der Waals surface area contributed by atoms with Crippen molar-refractivity contribution in [2.24, 2.45) is 5.92 Å². The summed E-state index contributed by atoms with van der Waals surface area (Å²) in [6, 6.07) is 8.53. The molecule has 0 radical (unpaired) electrons. The number of hydrogen-bond donors (Lipinski definition) is 2. The number of piperazine rings is 1. The minimum Gasteiger partial charge on any atom is -0.494 e. The van der Waals surface area contributed by atoms with E-state index in [0.29, 0.717) is 51.9 Å².